The third-order valence-corrected chi connectivity index (χ3v) is 2.07. The zero-order chi connectivity index (χ0) is 10.8. The Bertz CT molecular complexity index is 566. The average Bonchev–Trinajstić information content (AvgIpc) is 2.70. The molecule has 0 unspecified atom stereocenters. The topological polar surface area (TPSA) is 78.8 Å². The van der Waals surface area contributed by atoms with Crippen molar-refractivity contribution in [3.05, 3.63) is 29.5 Å². The van der Waals surface area contributed by atoms with Gasteiger partial charge in [0, 0.05) is 5.39 Å². The number of ether oxygens (including phenoxy) is 1. The highest BCUT2D eigenvalue weighted by Gasteiger charge is 2.14. The lowest BCUT2D eigenvalue weighted by Gasteiger charge is -1.94. The van der Waals surface area contributed by atoms with Crippen molar-refractivity contribution >= 4 is 16.9 Å². The number of aromatic amines is 1. The molecule has 1 heterocycles. The first-order valence-electron chi connectivity index (χ1n) is 4.23. The number of nitrogens with zero attached hydrogens (tertiary/aromatic N) is 2. The van der Waals surface area contributed by atoms with Gasteiger partial charge in [0.15, 0.2) is 5.69 Å². The van der Waals surface area contributed by atoms with Gasteiger partial charge in [-0.1, -0.05) is 0 Å². The summed E-state index contributed by atoms with van der Waals surface area (Å²) in [4.78, 5) is 11.3. The predicted octanol–water partition coefficient (Wildman–Crippen LogP) is 1.22. The molecule has 1 aromatic heterocycles. The third kappa shape index (κ3) is 1.42. The van der Waals surface area contributed by atoms with E-state index in [1.807, 2.05) is 6.07 Å². The maximum Gasteiger partial charge on any atom is 0.359 e. The number of hydrogen-bond acceptors (Lipinski definition) is 4. The Balaban J connectivity index is 2.63. The Labute approximate surface area is 85.3 Å². The van der Waals surface area contributed by atoms with E-state index >= 15 is 0 Å². The fourth-order valence-electron chi connectivity index (χ4n) is 1.34. The van der Waals surface area contributed by atoms with Crippen molar-refractivity contribution in [2.24, 2.45) is 0 Å². The molecule has 1 N–H and O–H groups in total. The van der Waals surface area contributed by atoms with Gasteiger partial charge in [-0.2, -0.15) is 10.4 Å². The van der Waals surface area contributed by atoms with E-state index in [-0.39, 0.29) is 5.69 Å². The second-order valence-electron chi connectivity index (χ2n) is 2.94. The van der Waals surface area contributed by atoms with Crippen LogP contribution in [0, 0.1) is 11.3 Å². The van der Waals surface area contributed by atoms with Crippen molar-refractivity contribution in [2.45, 2.75) is 0 Å². The van der Waals surface area contributed by atoms with Crippen molar-refractivity contribution in [1.82, 2.24) is 10.2 Å². The minimum absolute atomic E-state index is 0.233. The first kappa shape index (κ1) is 9.21. The van der Waals surface area contributed by atoms with Gasteiger partial charge in [-0.3, -0.25) is 5.10 Å². The molecule has 0 saturated carbocycles. The molecule has 2 aromatic rings. The maximum atomic E-state index is 11.3. The lowest BCUT2D eigenvalue weighted by Crippen LogP contribution is -2.01. The van der Waals surface area contributed by atoms with Crippen molar-refractivity contribution in [2.75, 3.05) is 7.11 Å². The summed E-state index contributed by atoms with van der Waals surface area (Å²) in [5, 5.41) is 15.8. The van der Waals surface area contributed by atoms with E-state index in [1.165, 1.54) is 7.11 Å². The molecule has 0 aliphatic carbocycles. The van der Waals surface area contributed by atoms with Gasteiger partial charge in [0.1, 0.15) is 0 Å². The first-order valence-corrected chi connectivity index (χ1v) is 4.23. The summed E-state index contributed by atoms with van der Waals surface area (Å²) in [6, 6.07) is 6.94. The Morgan fingerprint density at radius 1 is 1.60 bits per heavy atom. The molecule has 15 heavy (non-hydrogen) atoms. The van der Waals surface area contributed by atoms with Crippen LogP contribution in [0.4, 0.5) is 0 Å². The summed E-state index contributed by atoms with van der Waals surface area (Å²) in [6.07, 6.45) is 0. The van der Waals surface area contributed by atoms with Crippen LogP contribution < -0.4 is 0 Å². The van der Waals surface area contributed by atoms with Crippen molar-refractivity contribution < 1.29 is 9.53 Å². The summed E-state index contributed by atoms with van der Waals surface area (Å²) in [5.74, 6) is -0.494. The second-order valence-corrected chi connectivity index (χ2v) is 2.94. The van der Waals surface area contributed by atoms with E-state index in [2.05, 4.69) is 14.9 Å². The summed E-state index contributed by atoms with van der Waals surface area (Å²) in [7, 11) is 1.30. The quantitative estimate of drug-likeness (QED) is 0.703. The summed E-state index contributed by atoms with van der Waals surface area (Å²) in [5.41, 5.74) is 1.40. The average molecular weight is 201 g/mol. The fourth-order valence-corrected chi connectivity index (χ4v) is 1.34. The molecule has 2 rings (SSSR count). The highest BCUT2D eigenvalue weighted by molar-refractivity contribution is 6.02. The molecule has 5 nitrogen and oxygen atoms in total. The molecule has 74 valence electrons. The number of carbonyl (C=O) groups is 1. The van der Waals surface area contributed by atoms with E-state index in [0.29, 0.717) is 16.5 Å². The Hall–Kier alpha value is -2.35. The highest BCUT2D eigenvalue weighted by atomic mass is 16.5. The molecule has 0 fully saturated rings. The number of carbonyl (C=O) groups excluding carboxylic acids is 1. The maximum absolute atomic E-state index is 11.3. The summed E-state index contributed by atoms with van der Waals surface area (Å²) in [6.45, 7) is 0. The largest absolute Gasteiger partial charge is 0.464 e. The SMILES string of the molecule is COC(=O)c1n[nH]c2cc(C#N)ccc12. The molecule has 0 aliphatic rings. The molecule has 0 bridgehead atoms. The Kier molecular flexibility index (Phi) is 2.10. The molecular formula is C10H7N3O2. The van der Waals surface area contributed by atoms with Crippen LogP contribution in [0.3, 0.4) is 0 Å². The van der Waals surface area contributed by atoms with Crippen LogP contribution in [0.15, 0.2) is 18.2 Å². The molecule has 0 saturated heterocycles. The zero-order valence-electron chi connectivity index (χ0n) is 7.94. The van der Waals surface area contributed by atoms with Gasteiger partial charge in [-0.15, -0.1) is 0 Å². The van der Waals surface area contributed by atoms with E-state index in [4.69, 9.17) is 5.26 Å². The van der Waals surface area contributed by atoms with E-state index < -0.39 is 5.97 Å². The van der Waals surface area contributed by atoms with Crippen molar-refractivity contribution in [1.29, 1.82) is 5.26 Å². The highest BCUT2D eigenvalue weighted by Crippen LogP contribution is 2.17. The predicted molar refractivity (Wildman–Crippen MR) is 52.1 cm³/mol. The monoisotopic (exact) mass is 201 g/mol. The number of esters is 1. The molecular weight excluding hydrogens is 194 g/mol. The van der Waals surface area contributed by atoms with Crippen LogP contribution in [0.2, 0.25) is 0 Å². The van der Waals surface area contributed by atoms with Crippen LogP contribution in [-0.2, 0) is 4.74 Å². The number of hydrogen-bond donors (Lipinski definition) is 1. The minimum atomic E-state index is -0.494. The van der Waals surface area contributed by atoms with Gasteiger partial charge < -0.3 is 4.74 Å². The third-order valence-electron chi connectivity index (χ3n) is 2.07. The van der Waals surface area contributed by atoms with Gasteiger partial charge in [0.25, 0.3) is 0 Å². The van der Waals surface area contributed by atoms with Gasteiger partial charge in [0.2, 0.25) is 0 Å². The number of aromatic nitrogens is 2. The van der Waals surface area contributed by atoms with Gasteiger partial charge in [-0.25, -0.2) is 4.79 Å². The lowest BCUT2D eigenvalue weighted by atomic mass is 10.1. The number of nitrogens with one attached hydrogen (secondary N) is 1. The Morgan fingerprint density at radius 3 is 3.07 bits per heavy atom. The van der Waals surface area contributed by atoms with Gasteiger partial charge >= 0.3 is 5.97 Å². The van der Waals surface area contributed by atoms with Crippen molar-refractivity contribution in [3.8, 4) is 6.07 Å². The molecule has 0 aliphatic heterocycles. The van der Waals surface area contributed by atoms with Crippen LogP contribution in [0.5, 0.6) is 0 Å². The van der Waals surface area contributed by atoms with Crippen molar-refractivity contribution in [3.63, 3.8) is 0 Å². The molecule has 0 spiro atoms. The first-order chi connectivity index (χ1) is 7.26. The Morgan fingerprint density at radius 2 is 2.40 bits per heavy atom. The van der Waals surface area contributed by atoms with Crippen LogP contribution in [-0.4, -0.2) is 23.3 Å². The normalized spacial score (nSPS) is 9.87. The standard InChI is InChI=1S/C10H7N3O2/c1-15-10(14)9-7-3-2-6(5-11)4-8(7)12-13-9/h2-4H,1H3,(H,12,13). The van der Waals surface area contributed by atoms with Crippen LogP contribution in [0.1, 0.15) is 16.1 Å². The smallest absolute Gasteiger partial charge is 0.359 e. The van der Waals surface area contributed by atoms with Crippen LogP contribution >= 0.6 is 0 Å². The molecule has 1 aromatic carbocycles. The number of methoxy groups -OCH3 is 1. The summed E-state index contributed by atoms with van der Waals surface area (Å²) < 4.78 is 4.57. The molecule has 0 radical (unpaired) electrons. The number of fused-ring (bicyclic) bond motifs is 1. The number of rotatable bonds is 1. The van der Waals surface area contributed by atoms with E-state index in [1.54, 1.807) is 18.2 Å². The number of nitriles is 1. The van der Waals surface area contributed by atoms with Gasteiger partial charge in [0.05, 0.1) is 24.3 Å². The van der Waals surface area contributed by atoms with E-state index in [0.717, 1.165) is 0 Å². The minimum Gasteiger partial charge on any atom is -0.464 e. The number of H-pyrrole nitrogens is 1. The molecule has 0 atom stereocenters. The number of benzene rings is 1. The second kappa shape index (κ2) is 3.42. The fraction of sp³-hybridized carbons (Fsp3) is 0.100. The zero-order valence-corrected chi connectivity index (χ0v) is 7.94. The molecule has 0 amide bonds. The van der Waals surface area contributed by atoms with Crippen LogP contribution in [0.25, 0.3) is 10.9 Å². The summed E-state index contributed by atoms with van der Waals surface area (Å²) >= 11 is 0. The van der Waals surface area contributed by atoms with E-state index in [9.17, 15) is 4.79 Å². The molecule has 5 heteroatoms. The van der Waals surface area contributed by atoms with Gasteiger partial charge in [-0.05, 0) is 18.2 Å². The lowest BCUT2D eigenvalue weighted by molar-refractivity contribution is 0.0596.